The molecule has 0 aliphatic carbocycles. The van der Waals surface area contributed by atoms with E-state index >= 15 is 0 Å². The summed E-state index contributed by atoms with van der Waals surface area (Å²) in [7, 11) is -4.55. The minimum Gasteiger partial charge on any atom is -0.345 e. The van der Waals surface area contributed by atoms with Crippen LogP contribution in [0.1, 0.15) is 0 Å². The van der Waals surface area contributed by atoms with Crippen molar-refractivity contribution >= 4 is 22.3 Å². The van der Waals surface area contributed by atoms with Gasteiger partial charge in [0.15, 0.2) is 4.91 Å². The van der Waals surface area contributed by atoms with Gasteiger partial charge in [-0.25, -0.2) is 0 Å². The van der Waals surface area contributed by atoms with Crippen molar-refractivity contribution in [3.8, 4) is 0 Å². The first-order valence-electron chi connectivity index (χ1n) is 2.78. The lowest BCUT2D eigenvalue weighted by Gasteiger charge is -2.00. The fourth-order valence-electron chi connectivity index (χ4n) is 0.350. The lowest BCUT2D eigenvalue weighted by molar-refractivity contribution is -0.118. The molecule has 0 aromatic heterocycles. The molecule has 1 amide bonds. The number of rotatable bonds is 4. The van der Waals surface area contributed by atoms with Crippen LogP contribution in [0.2, 0.25) is 0 Å². The van der Waals surface area contributed by atoms with E-state index in [2.05, 4.69) is 6.58 Å². The molecule has 68 valence electrons. The Balaban J connectivity index is 4.32. The first-order chi connectivity index (χ1) is 5.39. The summed E-state index contributed by atoms with van der Waals surface area (Å²) >= 11 is 0. The molecule has 6 nitrogen and oxygen atoms in total. The van der Waals surface area contributed by atoms with Gasteiger partial charge in [0.25, 0.3) is 16.0 Å². The molecule has 2 N–H and O–H groups in total. The molecule has 0 rings (SSSR count). The van der Waals surface area contributed by atoms with Crippen LogP contribution in [0, 0.1) is 0 Å². The SMILES string of the molecule is C=C(C(=O)NCC=O)S(=O)(=O)O. The molecule has 0 spiro atoms. The lowest BCUT2D eigenvalue weighted by atomic mass is 10.5. The maximum absolute atomic E-state index is 10.6. The van der Waals surface area contributed by atoms with Crippen LogP contribution >= 0.6 is 0 Å². The lowest BCUT2D eigenvalue weighted by Crippen LogP contribution is -2.29. The molecular weight excluding hydrogens is 186 g/mol. The summed E-state index contributed by atoms with van der Waals surface area (Å²) in [5, 5.41) is 1.89. The quantitative estimate of drug-likeness (QED) is 0.328. The summed E-state index contributed by atoms with van der Waals surface area (Å²) in [6.45, 7) is 2.49. The second kappa shape index (κ2) is 3.98. The normalized spacial score (nSPS) is 10.4. The standard InChI is InChI=1S/C5H7NO5S/c1-4(12(9,10)11)5(8)6-2-3-7/h3H,1-2H2,(H,6,8)(H,9,10,11). The Labute approximate surface area is 69.0 Å². The number of carbonyl (C=O) groups is 2. The number of nitrogens with one attached hydrogen (secondary N) is 1. The number of amides is 1. The Bertz CT molecular complexity index is 304. The zero-order valence-electron chi connectivity index (χ0n) is 5.98. The van der Waals surface area contributed by atoms with Gasteiger partial charge in [0.2, 0.25) is 0 Å². The Morgan fingerprint density at radius 3 is 2.42 bits per heavy atom. The third-order valence-electron chi connectivity index (χ3n) is 0.911. The number of hydrogen-bond donors (Lipinski definition) is 2. The van der Waals surface area contributed by atoms with Crippen LogP contribution in [0.3, 0.4) is 0 Å². The third-order valence-corrected chi connectivity index (χ3v) is 1.72. The van der Waals surface area contributed by atoms with Gasteiger partial charge >= 0.3 is 0 Å². The van der Waals surface area contributed by atoms with Crippen LogP contribution in [0.25, 0.3) is 0 Å². The molecule has 0 unspecified atom stereocenters. The van der Waals surface area contributed by atoms with Gasteiger partial charge in [-0.2, -0.15) is 8.42 Å². The summed E-state index contributed by atoms with van der Waals surface area (Å²) in [4.78, 5) is 19.4. The van der Waals surface area contributed by atoms with E-state index in [-0.39, 0.29) is 6.54 Å². The molecule has 0 heterocycles. The maximum atomic E-state index is 10.6. The largest absolute Gasteiger partial charge is 0.345 e. The van der Waals surface area contributed by atoms with Crippen LogP contribution in [-0.4, -0.2) is 31.7 Å². The monoisotopic (exact) mass is 193 g/mol. The fraction of sp³-hybridized carbons (Fsp3) is 0.200. The Morgan fingerprint density at radius 2 is 2.08 bits per heavy atom. The van der Waals surface area contributed by atoms with Gasteiger partial charge in [-0.05, 0) is 0 Å². The zero-order valence-corrected chi connectivity index (χ0v) is 6.80. The topological polar surface area (TPSA) is 101 Å². The maximum Gasteiger partial charge on any atom is 0.299 e. The van der Waals surface area contributed by atoms with Crippen molar-refractivity contribution in [1.82, 2.24) is 5.32 Å². The second-order valence-electron chi connectivity index (χ2n) is 1.77. The first-order valence-corrected chi connectivity index (χ1v) is 4.22. The molecule has 0 aromatic carbocycles. The van der Waals surface area contributed by atoms with Crippen molar-refractivity contribution in [2.45, 2.75) is 0 Å². The molecule has 0 atom stereocenters. The van der Waals surface area contributed by atoms with Crippen LogP contribution in [0.15, 0.2) is 11.5 Å². The van der Waals surface area contributed by atoms with E-state index in [1.165, 1.54) is 0 Å². The molecular formula is C5H7NO5S. The predicted octanol–water partition coefficient (Wildman–Crippen LogP) is -1.30. The van der Waals surface area contributed by atoms with Gasteiger partial charge in [-0.1, -0.05) is 6.58 Å². The van der Waals surface area contributed by atoms with Crippen LogP contribution < -0.4 is 5.32 Å². The molecule has 0 aliphatic rings. The Kier molecular flexibility index (Phi) is 3.58. The number of hydrogen-bond acceptors (Lipinski definition) is 4. The van der Waals surface area contributed by atoms with Crippen LogP contribution in [-0.2, 0) is 19.7 Å². The fourth-order valence-corrected chi connectivity index (χ4v) is 0.657. The van der Waals surface area contributed by atoms with Crippen LogP contribution in [0.4, 0.5) is 0 Å². The second-order valence-corrected chi connectivity index (χ2v) is 3.22. The van der Waals surface area contributed by atoms with Gasteiger partial charge in [0.1, 0.15) is 6.29 Å². The van der Waals surface area contributed by atoms with E-state index in [4.69, 9.17) is 4.55 Å². The highest BCUT2D eigenvalue weighted by molar-refractivity contribution is 7.90. The van der Waals surface area contributed by atoms with Crippen molar-refractivity contribution in [3.05, 3.63) is 11.5 Å². The number of aldehydes is 1. The van der Waals surface area contributed by atoms with Gasteiger partial charge in [0, 0.05) is 0 Å². The molecule has 0 bridgehead atoms. The van der Waals surface area contributed by atoms with E-state index in [0.717, 1.165) is 0 Å². The van der Waals surface area contributed by atoms with Crippen LogP contribution in [0.5, 0.6) is 0 Å². The molecule has 0 radical (unpaired) electrons. The van der Waals surface area contributed by atoms with E-state index in [0.29, 0.717) is 6.29 Å². The molecule has 0 saturated carbocycles. The van der Waals surface area contributed by atoms with Crippen molar-refractivity contribution in [1.29, 1.82) is 0 Å². The highest BCUT2D eigenvalue weighted by Crippen LogP contribution is 1.98. The van der Waals surface area contributed by atoms with E-state index in [1.807, 2.05) is 5.32 Å². The van der Waals surface area contributed by atoms with Gasteiger partial charge in [0.05, 0.1) is 6.54 Å². The highest BCUT2D eigenvalue weighted by atomic mass is 32.2. The molecule has 12 heavy (non-hydrogen) atoms. The predicted molar refractivity (Wildman–Crippen MR) is 39.8 cm³/mol. The van der Waals surface area contributed by atoms with Crippen molar-refractivity contribution in [3.63, 3.8) is 0 Å². The smallest absolute Gasteiger partial charge is 0.299 e. The van der Waals surface area contributed by atoms with E-state index < -0.39 is 20.9 Å². The molecule has 0 fully saturated rings. The molecule has 0 aromatic rings. The van der Waals surface area contributed by atoms with Gasteiger partial charge in [-0.3, -0.25) is 9.35 Å². The highest BCUT2D eigenvalue weighted by Gasteiger charge is 2.18. The number of carbonyl (C=O) groups excluding carboxylic acids is 2. The van der Waals surface area contributed by atoms with Crippen molar-refractivity contribution in [2.24, 2.45) is 0 Å². The minimum atomic E-state index is -4.55. The van der Waals surface area contributed by atoms with Gasteiger partial charge in [-0.15, -0.1) is 0 Å². The summed E-state index contributed by atoms with van der Waals surface area (Å²) in [5.74, 6) is -1.09. The Hall–Kier alpha value is -1.21. The van der Waals surface area contributed by atoms with E-state index in [1.54, 1.807) is 0 Å². The molecule has 7 heteroatoms. The first kappa shape index (κ1) is 10.8. The average molecular weight is 193 g/mol. The Morgan fingerprint density at radius 1 is 1.58 bits per heavy atom. The summed E-state index contributed by atoms with van der Waals surface area (Å²) in [6.07, 6.45) is 0.370. The summed E-state index contributed by atoms with van der Waals surface area (Å²) in [6, 6.07) is 0. The third kappa shape index (κ3) is 3.26. The summed E-state index contributed by atoms with van der Waals surface area (Å²) < 4.78 is 28.8. The van der Waals surface area contributed by atoms with Crippen molar-refractivity contribution in [2.75, 3.05) is 6.54 Å². The zero-order chi connectivity index (χ0) is 9.78. The molecule has 0 aliphatic heterocycles. The van der Waals surface area contributed by atoms with E-state index in [9.17, 15) is 18.0 Å². The van der Waals surface area contributed by atoms with Crippen molar-refractivity contribution < 1.29 is 22.6 Å². The minimum absolute atomic E-state index is 0.326. The van der Waals surface area contributed by atoms with Gasteiger partial charge < -0.3 is 10.1 Å². The summed E-state index contributed by atoms with van der Waals surface area (Å²) in [5.41, 5.74) is 0. The average Bonchev–Trinajstić information content (AvgIpc) is 1.97. The molecule has 0 saturated heterocycles.